The summed E-state index contributed by atoms with van der Waals surface area (Å²) in [5.74, 6) is 0.652. The van der Waals surface area contributed by atoms with Crippen LogP contribution in [0.25, 0.3) is 17.2 Å². The van der Waals surface area contributed by atoms with E-state index in [2.05, 4.69) is 15.0 Å². The molecule has 1 saturated heterocycles. The number of hydrogen-bond donors (Lipinski definition) is 0. The van der Waals surface area contributed by atoms with Crippen LogP contribution in [0.1, 0.15) is 24.5 Å². The second kappa shape index (κ2) is 6.16. The smallest absolute Gasteiger partial charge is 0.234 e. The van der Waals surface area contributed by atoms with Crippen molar-refractivity contribution in [3.63, 3.8) is 0 Å². The zero-order chi connectivity index (χ0) is 17.4. The summed E-state index contributed by atoms with van der Waals surface area (Å²) in [5, 5.41) is 0. The lowest BCUT2D eigenvalue weighted by molar-refractivity contribution is 0.314. The van der Waals surface area contributed by atoms with Crippen molar-refractivity contribution < 1.29 is 8.42 Å². The second-order valence-corrected chi connectivity index (χ2v) is 8.20. The van der Waals surface area contributed by atoms with E-state index in [1.165, 1.54) is 10.6 Å². The second-order valence-electron chi connectivity index (χ2n) is 6.22. The molecule has 0 amide bonds. The number of sulfonamides is 1. The molecule has 0 aromatic carbocycles. The van der Waals surface area contributed by atoms with Gasteiger partial charge in [-0.15, -0.1) is 0 Å². The molecule has 0 aliphatic carbocycles. The molecule has 3 aromatic heterocycles. The minimum atomic E-state index is -3.19. The Hall–Kier alpha value is -2.39. The van der Waals surface area contributed by atoms with Crippen LogP contribution in [-0.4, -0.2) is 56.4 Å². The molecule has 1 fully saturated rings. The van der Waals surface area contributed by atoms with E-state index in [1.807, 2.05) is 16.7 Å². The van der Waals surface area contributed by atoms with Gasteiger partial charge in [0.25, 0.3) is 0 Å². The molecule has 9 heteroatoms. The van der Waals surface area contributed by atoms with Crippen LogP contribution in [0.5, 0.6) is 0 Å². The molecule has 0 spiro atoms. The molecule has 3 aromatic rings. The molecule has 0 radical (unpaired) electrons. The van der Waals surface area contributed by atoms with Gasteiger partial charge in [0.1, 0.15) is 5.69 Å². The number of nitrogens with zero attached hydrogens (tertiary/aromatic N) is 6. The van der Waals surface area contributed by atoms with Crippen molar-refractivity contribution in [2.24, 2.45) is 0 Å². The maximum absolute atomic E-state index is 11.8. The highest BCUT2D eigenvalue weighted by molar-refractivity contribution is 7.88. The van der Waals surface area contributed by atoms with Gasteiger partial charge in [-0.05, 0) is 18.9 Å². The van der Waals surface area contributed by atoms with Crippen LogP contribution in [0.15, 0.2) is 37.1 Å². The Morgan fingerprint density at radius 2 is 2.08 bits per heavy atom. The van der Waals surface area contributed by atoms with Gasteiger partial charge in [0.15, 0.2) is 0 Å². The van der Waals surface area contributed by atoms with Gasteiger partial charge in [-0.2, -0.15) is 0 Å². The van der Waals surface area contributed by atoms with Crippen molar-refractivity contribution in [3.05, 3.63) is 42.7 Å². The van der Waals surface area contributed by atoms with Crippen molar-refractivity contribution in [1.82, 2.24) is 28.6 Å². The minimum absolute atomic E-state index is 0.0493. The summed E-state index contributed by atoms with van der Waals surface area (Å²) in [5.41, 5.74) is 2.33. The van der Waals surface area contributed by atoms with Gasteiger partial charge in [0.2, 0.25) is 15.8 Å². The number of piperidine rings is 1. The largest absolute Gasteiger partial charge is 0.282 e. The maximum Gasteiger partial charge on any atom is 0.234 e. The van der Waals surface area contributed by atoms with Crippen molar-refractivity contribution in [3.8, 4) is 11.4 Å². The Morgan fingerprint density at radius 3 is 2.92 bits per heavy atom. The summed E-state index contributed by atoms with van der Waals surface area (Å²) >= 11 is 0. The Labute approximate surface area is 145 Å². The zero-order valence-corrected chi connectivity index (χ0v) is 14.6. The lowest BCUT2D eigenvalue weighted by atomic mass is 9.96. The average molecular weight is 358 g/mol. The van der Waals surface area contributed by atoms with Crippen LogP contribution in [-0.2, 0) is 10.0 Å². The molecule has 0 saturated carbocycles. The van der Waals surface area contributed by atoms with E-state index in [0.29, 0.717) is 24.6 Å². The first kappa shape index (κ1) is 16.1. The summed E-state index contributed by atoms with van der Waals surface area (Å²) in [6.07, 6.45) is 11.7. The molecule has 4 heterocycles. The lowest BCUT2D eigenvalue weighted by Gasteiger charge is -2.30. The third kappa shape index (κ3) is 3.12. The molecule has 130 valence electrons. The Balaban J connectivity index is 1.68. The highest BCUT2D eigenvalue weighted by Gasteiger charge is 2.28. The maximum atomic E-state index is 11.8. The molecular weight excluding hydrogens is 340 g/mol. The standard InChI is InChI=1S/C16H18N6O2S/c1-25(23,24)21-6-2-4-12(11-21)13-8-17-9-14(20-13)15-10-19-16-18-5-3-7-22(15)16/h3,5,7-10,12H,2,4,6,11H2,1H3/t12-/m1/s1. The molecule has 1 aliphatic heterocycles. The van der Waals surface area contributed by atoms with Crippen molar-refractivity contribution in [1.29, 1.82) is 0 Å². The van der Waals surface area contributed by atoms with E-state index >= 15 is 0 Å². The Bertz CT molecular complexity index is 1020. The van der Waals surface area contributed by atoms with Crippen molar-refractivity contribution in [2.45, 2.75) is 18.8 Å². The third-order valence-corrected chi connectivity index (χ3v) is 5.75. The summed E-state index contributed by atoms with van der Waals surface area (Å²) in [6.45, 7) is 1.02. The van der Waals surface area contributed by atoms with E-state index in [4.69, 9.17) is 4.98 Å². The van der Waals surface area contributed by atoms with Crippen LogP contribution >= 0.6 is 0 Å². The van der Waals surface area contributed by atoms with Crippen molar-refractivity contribution in [2.75, 3.05) is 19.3 Å². The molecule has 1 aliphatic rings. The van der Waals surface area contributed by atoms with Gasteiger partial charge >= 0.3 is 0 Å². The molecule has 0 N–H and O–H groups in total. The molecule has 1 atom stereocenters. The average Bonchev–Trinajstić information content (AvgIpc) is 3.05. The van der Waals surface area contributed by atoms with Gasteiger partial charge in [-0.3, -0.25) is 9.38 Å². The normalized spacial score (nSPS) is 19.3. The van der Waals surface area contributed by atoms with Gasteiger partial charge in [0, 0.05) is 37.6 Å². The monoisotopic (exact) mass is 358 g/mol. The van der Waals surface area contributed by atoms with Crippen LogP contribution in [0.2, 0.25) is 0 Å². The fourth-order valence-corrected chi connectivity index (χ4v) is 4.12. The molecular formula is C16H18N6O2S. The van der Waals surface area contributed by atoms with Gasteiger partial charge < -0.3 is 0 Å². The molecule has 4 rings (SSSR count). The van der Waals surface area contributed by atoms with Crippen LogP contribution in [0.4, 0.5) is 0 Å². The van der Waals surface area contributed by atoms with E-state index < -0.39 is 10.0 Å². The molecule has 0 bridgehead atoms. The van der Waals surface area contributed by atoms with Crippen LogP contribution in [0.3, 0.4) is 0 Å². The fraction of sp³-hybridized carbons (Fsp3) is 0.375. The number of aromatic nitrogens is 5. The third-order valence-electron chi connectivity index (χ3n) is 4.48. The minimum Gasteiger partial charge on any atom is -0.282 e. The van der Waals surface area contributed by atoms with Gasteiger partial charge in [-0.1, -0.05) is 0 Å². The Morgan fingerprint density at radius 1 is 1.20 bits per heavy atom. The number of hydrogen-bond acceptors (Lipinski definition) is 6. The van der Waals surface area contributed by atoms with Crippen LogP contribution in [0, 0.1) is 0 Å². The zero-order valence-electron chi connectivity index (χ0n) is 13.8. The predicted octanol–water partition coefficient (Wildman–Crippen LogP) is 1.33. The number of fused-ring (bicyclic) bond motifs is 1. The molecule has 25 heavy (non-hydrogen) atoms. The summed E-state index contributed by atoms with van der Waals surface area (Å²) in [6, 6.07) is 1.83. The Kier molecular flexibility index (Phi) is 3.97. The topological polar surface area (TPSA) is 93.4 Å². The van der Waals surface area contributed by atoms with Gasteiger partial charge in [-0.25, -0.2) is 27.7 Å². The van der Waals surface area contributed by atoms with Gasteiger partial charge in [0.05, 0.1) is 30.0 Å². The van der Waals surface area contributed by atoms with E-state index in [0.717, 1.165) is 24.2 Å². The van der Waals surface area contributed by atoms with E-state index in [1.54, 1.807) is 24.8 Å². The first-order valence-corrected chi connectivity index (χ1v) is 9.93. The summed E-state index contributed by atoms with van der Waals surface area (Å²) < 4.78 is 27.0. The first-order valence-electron chi connectivity index (χ1n) is 8.08. The SMILES string of the molecule is CS(=O)(=O)N1CCC[C@@H](c2cncc(-c3cnc4ncccn34)n2)C1. The molecule has 0 unspecified atom stereocenters. The number of imidazole rings is 1. The van der Waals surface area contributed by atoms with E-state index in [-0.39, 0.29) is 5.92 Å². The van der Waals surface area contributed by atoms with E-state index in [9.17, 15) is 8.42 Å². The lowest BCUT2D eigenvalue weighted by Crippen LogP contribution is -2.38. The predicted molar refractivity (Wildman–Crippen MR) is 92.4 cm³/mol. The summed E-state index contributed by atoms with van der Waals surface area (Å²) in [7, 11) is -3.19. The highest BCUT2D eigenvalue weighted by Crippen LogP contribution is 2.28. The quantitative estimate of drug-likeness (QED) is 0.701. The van der Waals surface area contributed by atoms with Crippen LogP contribution < -0.4 is 0 Å². The summed E-state index contributed by atoms with van der Waals surface area (Å²) in [4.78, 5) is 17.5. The first-order chi connectivity index (χ1) is 12.0. The number of rotatable bonds is 3. The van der Waals surface area contributed by atoms with Crippen molar-refractivity contribution >= 4 is 15.8 Å². The molecule has 8 nitrogen and oxygen atoms in total. The fourth-order valence-electron chi connectivity index (χ4n) is 3.20. The highest BCUT2D eigenvalue weighted by atomic mass is 32.2.